The van der Waals surface area contributed by atoms with E-state index in [2.05, 4.69) is 0 Å². The first-order valence-corrected chi connectivity index (χ1v) is 6.72. The highest BCUT2D eigenvalue weighted by Crippen LogP contribution is 2.13. The Morgan fingerprint density at radius 1 is 0.833 bits per heavy atom. The van der Waals surface area contributed by atoms with Crippen LogP contribution in [0.5, 0.6) is 0 Å². The topological polar surface area (TPSA) is 113 Å². The molecule has 0 unspecified atom stereocenters. The van der Waals surface area contributed by atoms with E-state index in [1.807, 2.05) is 27.7 Å². The largest absolute Gasteiger partial charge is 0.381 e. The molecule has 0 amide bonds. The van der Waals surface area contributed by atoms with Crippen molar-refractivity contribution in [1.29, 1.82) is 0 Å². The quantitative estimate of drug-likeness (QED) is 0.593. The molecule has 0 aromatic rings. The number of ether oxygens (including phenoxy) is 1. The predicted octanol–water partition coefficient (Wildman–Crippen LogP) is 0.552. The van der Waals surface area contributed by atoms with Crippen molar-refractivity contribution in [2.45, 2.75) is 58.0 Å². The molecule has 8 N–H and O–H groups in total. The summed E-state index contributed by atoms with van der Waals surface area (Å²) in [4.78, 5) is 0. The molecular formula is C13H34N4O. The van der Waals surface area contributed by atoms with E-state index in [1.165, 1.54) is 12.8 Å². The van der Waals surface area contributed by atoms with Gasteiger partial charge in [-0.3, -0.25) is 0 Å². The third-order valence-corrected chi connectivity index (χ3v) is 2.90. The van der Waals surface area contributed by atoms with E-state index >= 15 is 0 Å². The minimum atomic E-state index is -0.285. The molecule has 0 aromatic carbocycles. The van der Waals surface area contributed by atoms with Gasteiger partial charge in [0.15, 0.2) is 0 Å². The van der Waals surface area contributed by atoms with Crippen LogP contribution in [0.2, 0.25) is 0 Å². The lowest BCUT2D eigenvalue weighted by molar-refractivity contribution is 0.198. The van der Waals surface area contributed by atoms with Gasteiger partial charge < -0.3 is 27.7 Å². The zero-order chi connectivity index (χ0) is 14.7. The molecule has 0 aromatic heterocycles. The maximum Gasteiger partial charge on any atom is 0.0466 e. The molecule has 1 aliphatic heterocycles. The van der Waals surface area contributed by atoms with Crippen LogP contribution in [0, 0.1) is 0 Å². The summed E-state index contributed by atoms with van der Waals surface area (Å²) >= 11 is 0. The van der Waals surface area contributed by atoms with Crippen molar-refractivity contribution >= 4 is 0 Å². The van der Waals surface area contributed by atoms with E-state index in [9.17, 15) is 0 Å². The van der Waals surface area contributed by atoms with Gasteiger partial charge in [-0.1, -0.05) is 0 Å². The predicted molar refractivity (Wildman–Crippen MR) is 79.3 cm³/mol. The minimum Gasteiger partial charge on any atom is -0.381 e. The molecule has 0 spiro atoms. The molecule has 0 saturated carbocycles. The smallest absolute Gasteiger partial charge is 0.0466 e. The standard InChI is InChI=1S/C6H16N2.C4H8O.C3H10N2/c1-5(2,7)6(3,4)8;1-2-4-5-3-1;4-2-1-3-5/h7-8H2,1-4H3;1-4H2;1-5H2. The molecule has 112 valence electrons. The zero-order valence-corrected chi connectivity index (χ0v) is 12.7. The van der Waals surface area contributed by atoms with E-state index < -0.39 is 0 Å². The van der Waals surface area contributed by atoms with E-state index in [4.69, 9.17) is 27.7 Å². The normalized spacial score (nSPS) is 15.3. The number of hydrogen-bond donors (Lipinski definition) is 4. The molecule has 1 aliphatic rings. The van der Waals surface area contributed by atoms with Gasteiger partial charge in [0.05, 0.1) is 0 Å². The van der Waals surface area contributed by atoms with Crippen molar-refractivity contribution < 1.29 is 4.74 Å². The Hall–Kier alpha value is -0.200. The molecule has 0 bridgehead atoms. The maximum absolute atomic E-state index is 5.69. The first-order valence-electron chi connectivity index (χ1n) is 6.72. The van der Waals surface area contributed by atoms with Gasteiger partial charge in [-0.05, 0) is 60.0 Å². The van der Waals surface area contributed by atoms with Crippen LogP contribution in [0.3, 0.4) is 0 Å². The molecular weight excluding hydrogens is 228 g/mol. The van der Waals surface area contributed by atoms with Gasteiger partial charge in [0, 0.05) is 24.3 Å². The molecule has 1 fully saturated rings. The Bertz CT molecular complexity index is 147. The summed E-state index contributed by atoms with van der Waals surface area (Å²) in [5.41, 5.74) is 20.9. The molecule has 5 heteroatoms. The summed E-state index contributed by atoms with van der Waals surface area (Å²) in [7, 11) is 0. The monoisotopic (exact) mass is 262 g/mol. The van der Waals surface area contributed by atoms with Crippen LogP contribution in [0.25, 0.3) is 0 Å². The summed E-state index contributed by atoms with van der Waals surface area (Å²) in [6.45, 7) is 11.1. The second-order valence-corrected chi connectivity index (χ2v) is 5.69. The number of hydrogen-bond acceptors (Lipinski definition) is 5. The molecule has 0 aliphatic carbocycles. The van der Waals surface area contributed by atoms with Crippen molar-refractivity contribution in [2.24, 2.45) is 22.9 Å². The summed E-state index contributed by atoms with van der Waals surface area (Å²) in [6.07, 6.45) is 3.50. The van der Waals surface area contributed by atoms with Crippen LogP contribution in [-0.2, 0) is 4.74 Å². The maximum atomic E-state index is 5.69. The Balaban J connectivity index is 0. The average molecular weight is 262 g/mol. The number of rotatable bonds is 3. The Morgan fingerprint density at radius 2 is 1.17 bits per heavy atom. The Kier molecular flexibility index (Phi) is 12.0. The summed E-state index contributed by atoms with van der Waals surface area (Å²) in [6, 6.07) is 0. The second-order valence-electron chi connectivity index (χ2n) is 5.69. The summed E-state index contributed by atoms with van der Waals surface area (Å²) in [5, 5.41) is 0. The van der Waals surface area contributed by atoms with Gasteiger partial charge in [-0.2, -0.15) is 0 Å². The fourth-order valence-corrected chi connectivity index (χ4v) is 0.628. The average Bonchev–Trinajstić information content (AvgIpc) is 2.74. The van der Waals surface area contributed by atoms with E-state index in [1.54, 1.807) is 0 Å². The fourth-order valence-electron chi connectivity index (χ4n) is 0.628. The summed E-state index contributed by atoms with van der Waals surface area (Å²) in [5.74, 6) is 0. The first kappa shape index (κ1) is 20.1. The van der Waals surface area contributed by atoms with Crippen LogP contribution >= 0.6 is 0 Å². The highest BCUT2D eigenvalue weighted by atomic mass is 16.5. The molecule has 18 heavy (non-hydrogen) atoms. The molecule has 1 heterocycles. The Labute approximate surface area is 113 Å². The zero-order valence-electron chi connectivity index (χ0n) is 12.7. The lowest BCUT2D eigenvalue weighted by atomic mass is 9.85. The third kappa shape index (κ3) is 13.9. The van der Waals surface area contributed by atoms with E-state index in [0.717, 1.165) is 32.7 Å². The molecule has 1 saturated heterocycles. The highest BCUT2D eigenvalue weighted by molar-refractivity contribution is 4.93. The molecule has 5 nitrogen and oxygen atoms in total. The van der Waals surface area contributed by atoms with Crippen molar-refractivity contribution in [2.75, 3.05) is 26.3 Å². The Morgan fingerprint density at radius 3 is 1.22 bits per heavy atom. The number of nitrogens with two attached hydrogens (primary N) is 4. The SMILES string of the molecule is C1CCOC1.CC(C)(N)C(C)(C)N.NCCCN. The fraction of sp³-hybridized carbons (Fsp3) is 1.00. The highest BCUT2D eigenvalue weighted by Gasteiger charge is 2.28. The lowest BCUT2D eigenvalue weighted by Crippen LogP contribution is -2.58. The van der Waals surface area contributed by atoms with Gasteiger partial charge >= 0.3 is 0 Å². The van der Waals surface area contributed by atoms with Crippen LogP contribution < -0.4 is 22.9 Å². The van der Waals surface area contributed by atoms with Gasteiger partial charge in [0.2, 0.25) is 0 Å². The minimum absolute atomic E-state index is 0.285. The van der Waals surface area contributed by atoms with Crippen LogP contribution in [0.1, 0.15) is 47.0 Å². The van der Waals surface area contributed by atoms with Crippen LogP contribution in [0.4, 0.5) is 0 Å². The van der Waals surface area contributed by atoms with Gasteiger partial charge in [-0.15, -0.1) is 0 Å². The second kappa shape index (κ2) is 10.7. The van der Waals surface area contributed by atoms with Crippen LogP contribution in [-0.4, -0.2) is 37.4 Å². The molecule has 1 rings (SSSR count). The van der Waals surface area contributed by atoms with Crippen molar-refractivity contribution in [3.8, 4) is 0 Å². The third-order valence-electron chi connectivity index (χ3n) is 2.90. The van der Waals surface area contributed by atoms with Crippen molar-refractivity contribution in [1.82, 2.24) is 0 Å². The lowest BCUT2D eigenvalue weighted by Gasteiger charge is -2.34. The van der Waals surface area contributed by atoms with Gasteiger partial charge in [-0.25, -0.2) is 0 Å². The van der Waals surface area contributed by atoms with Crippen molar-refractivity contribution in [3.05, 3.63) is 0 Å². The van der Waals surface area contributed by atoms with Crippen molar-refractivity contribution in [3.63, 3.8) is 0 Å². The van der Waals surface area contributed by atoms with E-state index in [-0.39, 0.29) is 11.1 Å². The molecule has 0 radical (unpaired) electrons. The van der Waals surface area contributed by atoms with E-state index in [0.29, 0.717) is 0 Å². The van der Waals surface area contributed by atoms with Gasteiger partial charge in [0.1, 0.15) is 0 Å². The van der Waals surface area contributed by atoms with Gasteiger partial charge in [0.25, 0.3) is 0 Å². The summed E-state index contributed by atoms with van der Waals surface area (Å²) < 4.78 is 4.94. The molecule has 0 atom stereocenters. The first-order chi connectivity index (χ1) is 8.16. The van der Waals surface area contributed by atoms with Crippen LogP contribution in [0.15, 0.2) is 0 Å².